The van der Waals surface area contributed by atoms with Gasteiger partial charge < -0.3 is 9.64 Å². The maximum atomic E-state index is 12.2. The molecule has 0 N–H and O–H groups in total. The van der Waals surface area contributed by atoms with Gasteiger partial charge in [-0.2, -0.15) is 5.26 Å². The van der Waals surface area contributed by atoms with Gasteiger partial charge in [0.15, 0.2) is 0 Å². The van der Waals surface area contributed by atoms with E-state index in [1.54, 1.807) is 42.6 Å². The molecule has 1 aliphatic heterocycles. The summed E-state index contributed by atoms with van der Waals surface area (Å²) in [6.45, 7) is 1.66. The van der Waals surface area contributed by atoms with Crippen LogP contribution in [0.5, 0.6) is 11.6 Å². The smallest absolute Gasteiger partial charge is 0.253 e. The Morgan fingerprint density at radius 3 is 2.59 bits per heavy atom. The molecule has 3 rings (SSSR count). The van der Waals surface area contributed by atoms with Gasteiger partial charge in [0.2, 0.25) is 5.88 Å². The van der Waals surface area contributed by atoms with Crippen molar-refractivity contribution in [2.45, 2.75) is 12.8 Å². The zero-order chi connectivity index (χ0) is 15.4. The SMILES string of the molecule is N#Cc1cccnc1Oc1ccc(C(=O)N2CCCC2)cc1. The molecule has 0 radical (unpaired) electrons. The third kappa shape index (κ3) is 2.91. The molecule has 1 amide bonds. The average Bonchev–Trinajstić information content (AvgIpc) is 3.10. The highest BCUT2D eigenvalue weighted by Crippen LogP contribution is 2.23. The van der Waals surface area contributed by atoms with Crippen molar-refractivity contribution in [3.05, 3.63) is 53.7 Å². The molecule has 0 aliphatic carbocycles. The molecule has 1 aliphatic rings. The molecule has 0 spiro atoms. The number of carbonyl (C=O) groups excluding carboxylic acids is 1. The van der Waals surface area contributed by atoms with Gasteiger partial charge in [0.05, 0.1) is 0 Å². The number of likely N-dealkylation sites (tertiary alicyclic amines) is 1. The predicted octanol–water partition coefficient (Wildman–Crippen LogP) is 2.98. The molecule has 22 heavy (non-hydrogen) atoms. The van der Waals surface area contributed by atoms with Crippen LogP contribution in [-0.2, 0) is 0 Å². The predicted molar refractivity (Wildman–Crippen MR) is 80.6 cm³/mol. The minimum absolute atomic E-state index is 0.0552. The van der Waals surface area contributed by atoms with Crippen LogP contribution < -0.4 is 4.74 Å². The van der Waals surface area contributed by atoms with Gasteiger partial charge in [-0.1, -0.05) is 0 Å². The van der Waals surface area contributed by atoms with E-state index in [0.717, 1.165) is 25.9 Å². The lowest BCUT2D eigenvalue weighted by Crippen LogP contribution is -2.27. The van der Waals surface area contributed by atoms with Crippen molar-refractivity contribution in [2.75, 3.05) is 13.1 Å². The summed E-state index contributed by atoms with van der Waals surface area (Å²) >= 11 is 0. The van der Waals surface area contributed by atoms with E-state index in [0.29, 0.717) is 16.9 Å². The van der Waals surface area contributed by atoms with E-state index in [9.17, 15) is 4.79 Å². The van der Waals surface area contributed by atoms with Crippen molar-refractivity contribution in [1.82, 2.24) is 9.88 Å². The van der Waals surface area contributed by atoms with Crippen molar-refractivity contribution in [3.63, 3.8) is 0 Å². The summed E-state index contributed by atoms with van der Waals surface area (Å²) < 4.78 is 5.60. The molecule has 1 aromatic heterocycles. The average molecular weight is 293 g/mol. The van der Waals surface area contributed by atoms with Gasteiger partial charge in [-0.05, 0) is 49.2 Å². The Morgan fingerprint density at radius 2 is 1.91 bits per heavy atom. The Labute approximate surface area is 128 Å². The lowest BCUT2D eigenvalue weighted by atomic mass is 10.2. The highest BCUT2D eigenvalue weighted by Gasteiger charge is 2.19. The van der Waals surface area contributed by atoms with Crippen molar-refractivity contribution < 1.29 is 9.53 Å². The third-order valence-electron chi connectivity index (χ3n) is 3.60. The first-order valence-electron chi connectivity index (χ1n) is 7.20. The number of hydrogen-bond donors (Lipinski definition) is 0. The number of rotatable bonds is 3. The minimum atomic E-state index is 0.0552. The second-order valence-electron chi connectivity index (χ2n) is 5.09. The Morgan fingerprint density at radius 1 is 1.18 bits per heavy atom. The summed E-state index contributed by atoms with van der Waals surface area (Å²) in [7, 11) is 0. The quantitative estimate of drug-likeness (QED) is 0.872. The molecule has 5 nitrogen and oxygen atoms in total. The number of amides is 1. The molecule has 0 unspecified atom stereocenters. The van der Waals surface area contributed by atoms with Crippen LogP contribution in [-0.4, -0.2) is 28.9 Å². The number of carbonyl (C=O) groups is 1. The second kappa shape index (κ2) is 6.27. The number of nitriles is 1. The number of ether oxygens (including phenoxy) is 1. The molecule has 1 fully saturated rings. The number of pyridine rings is 1. The molecule has 2 aromatic rings. The maximum Gasteiger partial charge on any atom is 0.253 e. The van der Waals surface area contributed by atoms with Gasteiger partial charge in [-0.3, -0.25) is 4.79 Å². The molecule has 2 heterocycles. The van der Waals surface area contributed by atoms with Crippen molar-refractivity contribution in [2.24, 2.45) is 0 Å². The fourth-order valence-electron chi connectivity index (χ4n) is 2.44. The summed E-state index contributed by atoms with van der Waals surface area (Å²) in [5.41, 5.74) is 1.02. The van der Waals surface area contributed by atoms with Gasteiger partial charge in [0, 0.05) is 24.8 Å². The molecule has 1 aromatic carbocycles. The van der Waals surface area contributed by atoms with Crippen molar-refractivity contribution >= 4 is 5.91 Å². The third-order valence-corrected chi connectivity index (χ3v) is 3.60. The zero-order valence-corrected chi connectivity index (χ0v) is 12.0. The van der Waals surface area contributed by atoms with Gasteiger partial charge in [0.25, 0.3) is 5.91 Å². The van der Waals surface area contributed by atoms with Crippen LogP contribution in [0.2, 0.25) is 0 Å². The highest BCUT2D eigenvalue weighted by molar-refractivity contribution is 5.94. The Balaban J connectivity index is 1.74. The molecular formula is C17H15N3O2. The summed E-state index contributed by atoms with van der Waals surface area (Å²) in [5, 5.41) is 9.01. The first-order chi connectivity index (χ1) is 10.8. The van der Waals surface area contributed by atoms with E-state index in [4.69, 9.17) is 10.00 Å². The molecule has 1 saturated heterocycles. The fraction of sp³-hybridized carbons (Fsp3) is 0.235. The topological polar surface area (TPSA) is 66.2 Å². The fourth-order valence-corrected chi connectivity index (χ4v) is 2.44. The van der Waals surface area contributed by atoms with E-state index >= 15 is 0 Å². The van der Waals surface area contributed by atoms with E-state index in [-0.39, 0.29) is 11.8 Å². The first kappa shape index (κ1) is 14.1. The first-order valence-corrected chi connectivity index (χ1v) is 7.20. The molecular weight excluding hydrogens is 278 g/mol. The van der Waals surface area contributed by atoms with Gasteiger partial charge in [-0.25, -0.2) is 4.98 Å². The van der Waals surface area contributed by atoms with E-state index in [1.165, 1.54) is 0 Å². The molecule has 5 heteroatoms. The van der Waals surface area contributed by atoms with Crippen molar-refractivity contribution in [1.29, 1.82) is 5.26 Å². The van der Waals surface area contributed by atoms with E-state index in [1.807, 2.05) is 11.0 Å². The summed E-state index contributed by atoms with van der Waals surface area (Å²) in [4.78, 5) is 18.2. The van der Waals surface area contributed by atoms with Crippen LogP contribution in [0.15, 0.2) is 42.6 Å². The van der Waals surface area contributed by atoms with Crippen LogP contribution in [0.25, 0.3) is 0 Å². The summed E-state index contributed by atoms with van der Waals surface area (Å²) in [6, 6.07) is 12.3. The molecule has 0 atom stereocenters. The summed E-state index contributed by atoms with van der Waals surface area (Å²) in [5.74, 6) is 0.872. The lowest BCUT2D eigenvalue weighted by molar-refractivity contribution is 0.0793. The van der Waals surface area contributed by atoms with Gasteiger partial charge in [0.1, 0.15) is 17.4 Å². The molecule has 0 saturated carbocycles. The number of benzene rings is 1. The normalized spacial score (nSPS) is 13.7. The summed E-state index contributed by atoms with van der Waals surface area (Å²) in [6.07, 6.45) is 3.72. The largest absolute Gasteiger partial charge is 0.438 e. The second-order valence-corrected chi connectivity index (χ2v) is 5.09. The van der Waals surface area contributed by atoms with Crippen LogP contribution in [0.3, 0.4) is 0 Å². The van der Waals surface area contributed by atoms with Crippen LogP contribution >= 0.6 is 0 Å². The Bertz CT molecular complexity index is 713. The minimum Gasteiger partial charge on any atom is -0.438 e. The van der Waals surface area contributed by atoms with Gasteiger partial charge >= 0.3 is 0 Å². The number of aromatic nitrogens is 1. The monoisotopic (exact) mass is 293 g/mol. The molecule has 110 valence electrons. The van der Waals surface area contributed by atoms with Crippen LogP contribution in [0.4, 0.5) is 0 Å². The lowest BCUT2D eigenvalue weighted by Gasteiger charge is -2.15. The van der Waals surface area contributed by atoms with E-state index < -0.39 is 0 Å². The maximum absolute atomic E-state index is 12.2. The van der Waals surface area contributed by atoms with Crippen LogP contribution in [0, 0.1) is 11.3 Å². The molecule has 0 bridgehead atoms. The van der Waals surface area contributed by atoms with E-state index in [2.05, 4.69) is 4.98 Å². The number of hydrogen-bond acceptors (Lipinski definition) is 4. The zero-order valence-electron chi connectivity index (χ0n) is 12.0. The van der Waals surface area contributed by atoms with Crippen molar-refractivity contribution in [3.8, 4) is 17.7 Å². The Kier molecular flexibility index (Phi) is 4.01. The van der Waals surface area contributed by atoms with Crippen LogP contribution in [0.1, 0.15) is 28.8 Å². The highest BCUT2D eigenvalue weighted by atomic mass is 16.5. The number of nitrogens with zero attached hydrogens (tertiary/aromatic N) is 3. The Hall–Kier alpha value is -2.87. The standard InChI is InChI=1S/C17H15N3O2/c18-12-14-4-3-9-19-16(14)22-15-7-5-13(6-8-15)17(21)20-10-1-2-11-20/h3-9H,1-2,10-11H2. The van der Waals surface area contributed by atoms with Gasteiger partial charge in [-0.15, -0.1) is 0 Å².